The summed E-state index contributed by atoms with van der Waals surface area (Å²) in [6.07, 6.45) is 2.31. The Kier molecular flexibility index (Phi) is 3.17. The highest BCUT2D eigenvalue weighted by Gasteiger charge is 2.36. The number of hydrogen-bond acceptors (Lipinski definition) is 2. The standard InChI is InChI=1S/C14H16FNO/c1-14(2)6-13(7-14)17-9-11-5-12(15)4-3-10(11)8-16/h3-5,13H,6-7,9H2,1-2H3. The van der Waals surface area contributed by atoms with Gasteiger partial charge in [0.2, 0.25) is 0 Å². The Balaban J connectivity index is 1.96. The van der Waals surface area contributed by atoms with Crippen molar-refractivity contribution in [3.8, 4) is 6.07 Å². The van der Waals surface area contributed by atoms with E-state index >= 15 is 0 Å². The lowest BCUT2D eigenvalue weighted by molar-refractivity contribution is -0.0733. The van der Waals surface area contributed by atoms with Crippen LogP contribution in [0.15, 0.2) is 18.2 Å². The van der Waals surface area contributed by atoms with Crippen molar-refractivity contribution in [1.29, 1.82) is 5.26 Å². The molecule has 1 aromatic rings. The van der Waals surface area contributed by atoms with Crippen LogP contribution in [0.1, 0.15) is 37.8 Å². The number of rotatable bonds is 3. The summed E-state index contributed by atoms with van der Waals surface area (Å²) in [6, 6.07) is 6.23. The van der Waals surface area contributed by atoms with Gasteiger partial charge in [-0.3, -0.25) is 0 Å². The largest absolute Gasteiger partial charge is 0.373 e. The van der Waals surface area contributed by atoms with E-state index in [0.29, 0.717) is 23.1 Å². The fourth-order valence-electron chi connectivity index (χ4n) is 2.29. The van der Waals surface area contributed by atoms with Gasteiger partial charge in [-0.05, 0) is 42.0 Å². The van der Waals surface area contributed by atoms with Crippen molar-refractivity contribution < 1.29 is 9.13 Å². The Morgan fingerprint density at radius 3 is 2.76 bits per heavy atom. The SMILES string of the molecule is CC1(C)CC(OCc2cc(F)ccc2C#N)C1. The molecular weight excluding hydrogens is 217 g/mol. The monoisotopic (exact) mass is 233 g/mol. The molecular formula is C14H16FNO. The molecule has 0 heterocycles. The van der Waals surface area contributed by atoms with Gasteiger partial charge in [0, 0.05) is 0 Å². The minimum absolute atomic E-state index is 0.250. The molecule has 0 saturated heterocycles. The predicted octanol–water partition coefficient (Wildman–Crippen LogP) is 3.40. The van der Waals surface area contributed by atoms with Gasteiger partial charge in [0.15, 0.2) is 0 Å². The van der Waals surface area contributed by atoms with Gasteiger partial charge in [-0.2, -0.15) is 5.26 Å². The second-order valence-electron chi connectivity index (χ2n) is 5.42. The van der Waals surface area contributed by atoms with Gasteiger partial charge < -0.3 is 4.74 Å². The Morgan fingerprint density at radius 2 is 2.18 bits per heavy atom. The molecule has 3 heteroatoms. The van der Waals surface area contributed by atoms with Gasteiger partial charge >= 0.3 is 0 Å². The van der Waals surface area contributed by atoms with Crippen molar-refractivity contribution in [2.45, 2.75) is 39.4 Å². The molecule has 0 radical (unpaired) electrons. The van der Waals surface area contributed by atoms with Gasteiger partial charge in [-0.1, -0.05) is 13.8 Å². The van der Waals surface area contributed by atoms with E-state index in [9.17, 15) is 4.39 Å². The van der Waals surface area contributed by atoms with Crippen LogP contribution in [0, 0.1) is 22.6 Å². The summed E-state index contributed by atoms with van der Waals surface area (Å²) in [4.78, 5) is 0. The van der Waals surface area contributed by atoms with Crippen molar-refractivity contribution in [1.82, 2.24) is 0 Å². The van der Waals surface area contributed by atoms with Crippen LogP contribution in [0.2, 0.25) is 0 Å². The quantitative estimate of drug-likeness (QED) is 0.801. The molecule has 0 atom stereocenters. The summed E-state index contributed by atoms with van der Waals surface area (Å²) in [5, 5.41) is 8.90. The number of ether oxygens (including phenoxy) is 1. The van der Waals surface area contributed by atoms with Gasteiger partial charge in [0.05, 0.1) is 24.3 Å². The first-order valence-electron chi connectivity index (χ1n) is 5.80. The third-order valence-electron chi connectivity index (χ3n) is 3.22. The van der Waals surface area contributed by atoms with Crippen LogP contribution in [-0.4, -0.2) is 6.10 Å². The third-order valence-corrected chi connectivity index (χ3v) is 3.22. The first kappa shape index (κ1) is 12.1. The summed E-state index contributed by atoms with van der Waals surface area (Å²) in [6.45, 7) is 4.73. The van der Waals surface area contributed by atoms with Crippen LogP contribution in [0.4, 0.5) is 4.39 Å². The van der Waals surface area contributed by atoms with Crippen molar-refractivity contribution in [2.24, 2.45) is 5.41 Å². The normalized spacial score (nSPS) is 18.5. The summed E-state index contributed by atoms with van der Waals surface area (Å²) < 4.78 is 18.7. The molecule has 2 rings (SSSR count). The lowest BCUT2D eigenvalue weighted by atomic mass is 9.70. The topological polar surface area (TPSA) is 33.0 Å². The Hall–Kier alpha value is -1.40. The first-order chi connectivity index (χ1) is 8.00. The zero-order chi connectivity index (χ0) is 12.5. The molecule has 0 spiro atoms. The molecule has 1 aliphatic carbocycles. The molecule has 0 bridgehead atoms. The first-order valence-corrected chi connectivity index (χ1v) is 5.80. The average molecular weight is 233 g/mol. The highest BCUT2D eigenvalue weighted by atomic mass is 19.1. The van der Waals surface area contributed by atoms with Crippen LogP contribution in [0.25, 0.3) is 0 Å². The Morgan fingerprint density at radius 1 is 1.47 bits per heavy atom. The summed E-state index contributed by atoms with van der Waals surface area (Å²) in [7, 11) is 0. The second-order valence-corrected chi connectivity index (χ2v) is 5.42. The molecule has 1 aromatic carbocycles. The third kappa shape index (κ3) is 2.83. The van der Waals surface area contributed by atoms with E-state index in [-0.39, 0.29) is 11.9 Å². The van der Waals surface area contributed by atoms with E-state index in [0.717, 1.165) is 12.8 Å². The second kappa shape index (κ2) is 4.46. The van der Waals surface area contributed by atoms with Crippen LogP contribution >= 0.6 is 0 Å². The molecule has 17 heavy (non-hydrogen) atoms. The molecule has 1 aliphatic rings. The van der Waals surface area contributed by atoms with E-state index in [2.05, 4.69) is 19.9 Å². The van der Waals surface area contributed by atoms with Crippen LogP contribution in [-0.2, 0) is 11.3 Å². The molecule has 0 aromatic heterocycles. The van der Waals surface area contributed by atoms with Crippen molar-refractivity contribution in [2.75, 3.05) is 0 Å². The zero-order valence-corrected chi connectivity index (χ0v) is 10.2. The lowest BCUT2D eigenvalue weighted by Crippen LogP contribution is -2.37. The Labute approximate surface area is 101 Å². The number of hydrogen-bond donors (Lipinski definition) is 0. The number of nitrogens with zero attached hydrogens (tertiary/aromatic N) is 1. The average Bonchev–Trinajstić information content (AvgIpc) is 2.23. The number of halogens is 1. The minimum atomic E-state index is -0.323. The van der Waals surface area contributed by atoms with E-state index in [4.69, 9.17) is 10.00 Å². The van der Waals surface area contributed by atoms with Crippen LogP contribution in [0.3, 0.4) is 0 Å². The fourth-order valence-corrected chi connectivity index (χ4v) is 2.29. The molecule has 0 aliphatic heterocycles. The zero-order valence-electron chi connectivity index (χ0n) is 10.2. The van der Waals surface area contributed by atoms with E-state index < -0.39 is 0 Å². The van der Waals surface area contributed by atoms with Gasteiger partial charge in [0.1, 0.15) is 5.82 Å². The highest BCUT2D eigenvalue weighted by molar-refractivity contribution is 5.37. The minimum Gasteiger partial charge on any atom is -0.373 e. The maximum absolute atomic E-state index is 13.1. The van der Waals surface area contributed by atoms with E-state index in [1.165, 1.54) is 18.2 Å². The van der Waals surface area contributed by atoms with E-state index in [1.54, 1.807) is 0 Å². The molecule has 0 N–H and O–H groups in total. The van der Waals surface area contributed by atoms with Crippen molar-refractivity contribution in [3.63, 3.8) is 0 Å². The number of nitriles is 1. The maximum Gasteiger partial charge on any atom is 0.123 e. The van der Waals surface area contributed by atoms with E-state index in [1.807, 2.05) is 0 Å². The maximum atomic E-state index is 13.1. The van der Waals surface area contributed by atoms with Gasteiger partial charge in [-0.25, -0.2) is 4.39 Å². The van der Waals surface area contributed by atoms with Crippen molar-refractivity contribution in [3.05, 3.63) is 35.1 Å². The molecule has 1 saturated carbocycles. The Bertz CT molecular complexity index is 454. The molecule has 0 unspecified atom stereocenters. The summed E-state index contributed by atoms with van der Waals surface area (Å²) in [5.74, 6) is -0.323. The highest BCUT2D eigenvalue weighted by Crippen LogP contribution is 2.41. The predicted molar refractivity (Wildman–Crippen MR) is 62.7 cm³/mol. The molecule has 1 fully saturated rings. The van der Waals surface area contributed by atoms with Gasteiger partial charge in [-0.15, -0.1) is 0 Å². The summed E-state index contributed by atoms with van der Waals surface area (Å²) >= 11 is 0. The molecule has 90 valence electrons. The van der Waals surface area contributed by atoms with Gasteiger partial charge in [0.25, 0.3) is 0 Å². The van der Waals surface area contributed by atoms with Crippen LogP contribution in [0.5, 0.6) is 0 Å². The molecule has 2 nitrogen and oxygen atoms in total. The lowest BCUT2D eigenvalue weighted by Gasteiger charge is -2.42. The summed E-state index contributed by atoms with van der Waals surface area (Å²) in [5.41, 5.74) is 1.49. The number of benzene rings is 1. The molecule has 0 amide bonds. The van der Waals surface area contributed by atoms with Crippen LogP contribution < -0.4 is 0 Å². The smallest absolute Gasteiger partial charge is 0.123 e. The fraction of sp³-hybridized carbons (Fsp3) is 0.500. The van der Waals surface area contributed by atoms with Crippen molar-refractivity contribution >= 4 is 0 Å².